The Balaban J connectivity index is 2.61. The van der Waals surface area contributed by atoms with E-state index in [0.717, 1.165) is 17.6 Å². The number of carbonyl (C=O) groups is 1. The molecule has 0 saturated heterocycles. The van der Waals surface area contributed by atoms with Crippen molar-refractivity contribution in [1.29, 1.82) is 0 Å². The van der Waals surface area contributed by atoms with Crippen LogP contribution in [0.2, 0.25) is 0 Å². The van der Waals surface area contributed by atoms with E-state index >= 15 is 0 Å². The molecular weight excluding hydrogens is 152 g/mol. The van der Waals surface area contributed by atoms with Gasteiger partial charge in [0.2, 0.25) is 0 Å². The molecule has 1 aliphatic rings. The van der Waals surface area contributed by atoms with Crippen LogP contribution in [0.1, 0.15) is 12.8 Å². The number of rotatable bonds is 2. The molecule has 0 unspecified atom stereocenters. The van der Waals surface area contributed by atoms with Gasteiger partial charge in [0.15, 0.2) is 0 Å². The summed E-state index contributed by atoms with van der Waals surface area (Å²) in [6, 6.07) is 0. The van der Waals surface area contributed by atoms with Gasteiger partial charge in [-0.25, -0.2) is 0 Å². The second-order valence-electron chi connectivity index (χ2n) is 2.68. The van der Waals surface area contributed by atoms with Gasteiger partial charge in [-0.2, -0.15) is 0 Å². The highest BCUT2D eigenvalue weighted by Crippen LogP contribution is 2.20. The Morgan fingerprint density at radius 2 is 2.50 bits per heavy atom. The Labute approximate surface area is 72.2 Å². The molecule has 0 aromatic rings. The van der Waals surface area contributed by atoms with Crippen LogP contribution in [0.5, 0.6) is 0 Å². The van der Waals surface area contributed by atoms with Gasteiger partial charge in [-0.3, -0.25) is 4.79 Å². The number of methoxy groups -OCH3 is 1. The van der Waals surface area contributed by atoms with Crippen LogP contribution in [0.4, 0.5) is 0 Å². The van der Waals surface area contributed by atoms with Crippen molar-refractivity contribution in [3.05, 3.63) is 36.0 Å². The number of esters is 1. The molecule has 2 nitrogen and oxygen atoms in total. The Morgan fingerprint density at radius 1 is 1.75 bits per heavy atom. The van der Waals surface area contributed by atoms with E-state index in [1.807, 2.05) is 18.2 Å². The molecule has 0 N–H and O–H groups in total. The van der Waals surface area contributed by atoms with E-state index in [1.165, 1.54) is 7.11 Å². The third-order valence-electron chi connectivity index (χ3n) is 1.81. The Bertz CT molecular complexity index is 259. The molecule has 0 aromatic heterocycles. The van der Waals surface area contributed by atoms with Gasteiger partial charge >= 0.3 is 5.97 Å². The summed E-state index contributed by atoms with van der Waals surface area (Å²) in [5, 5.41) is 0. The number of ether oxygens (including phenoxy) is 1. The predicted molar refractivity (Wildman–Crippen MR) is 47.6 cm³/mol. The monoisotopic (exact) mass is 164 g/mol. The van der Waals surface area contributed by atoms with Gasteiger partial charge in [-0.15, -0.1) is 0 Å². The molecule has 0 fully saturated rings. The Morgan fingerprint density at radius 3 is 3.08 bits per heavy atom. The lowest BCUT2D eigenvalue weighted by Gasteiger charge is -2.10. The van der Waals surface area contributed by atoms with Crippen molar-refractivity contribution in [3.8, 4) is 0 Å². The maximum atomic E-state index is 10.9. The smallest absolute Gasteiger partial charge is 0.309 e. The molecule has 64 valence electrons. The van der Waals surface area contributed by atoms with E-state index < -0.39 is 0 Å². The number of hydrogen-bond acceptors (Lipinski definition) is 2. The molecule has 0 aliphatic heterocycles. The highest BCUT2D eigenvalue weighted by Gasteiger charge is 2.09. The van der Waals surface area contributed by atoms with Crippen molar-refractivity contribution in [2.75, 3.05) is 7.11 Å². The molecule has 0 amide bonds. The highest BCUT2D eigenvalue weighted by molar-refractivity contribution is 5.74. The summed E-state index contributed by atoms with van der Waals surface area (Å²) in [5.74, 6) is -0.210. The van der Waals surface area contributed by atoms with Crippen molar-refractivity contribution >= 4 is 5.97 Å². The fraction of sp³-hybridized carbons (Fsp3) is 0.300. The molecule has 12 heavy (non-hydrogen) atoms. The first-order chi connectivity index (χ1) is 5.74. The van der Waals surface area contributed by atoms with Gasteiger partial charge in [-0.1, -0.05) is 24.8 Å². The Kier molecular flexibility index (Phi) is 2.86. The quantitative estimate of drug-likeness (QED) is 0.583. The summed E-state index contributed by atoms with van der Waals surface area (Å²) < 4.78 is 4.56. The summed E-state index contributed by atoms with van der Waals surface area (Å²) in [7, 11) is 1.39. The normalized spacial score (nSPS) is 15.8. The zero-order chi connectivity index (χ0) is 8.97. The van der Waals surface area contributed by atoms with Gasteiger partial charge in [0.25, 0.3) is 0 Å². The van der Waals surface area contributed by atoms with Crippen molar-refractivity contribution < 1.29 is 9.53 Å². The fourth-order valence-electron chi connectivity index (χ4n) is 1.06. The predicted octanol–water partition coefficient (Wildman–Crippen LogP) is 1.99. The standard InChI is InChI=1S/C10H12O2/c1-8-5-3-4-6-9(8)7-10(11)12-2/h3-4,6H,1,5,7H2,2H3. The lowest BCUT2D eigenvalue weighted by molar-refractivity contribution is -0.139. The van der Waals surface area contributed by atoms with E-state index in [9.17, 15) is 4.79 Å². The van der Waals surface area contributed by atoms with Crippen LogP contribution < -0.4 is 0 Å². The largest absolute Gasteiger partial charge is 0.469 e. The van der Waals surface area contributed by atoms with E-state index in [2.05, 4.69) is 11.3 Å². The number of allylic oxidation sites excluding steroid dienone is 4. The second-order valence-corrected chi connectivity index (χ2v) is 2.68. The third kappa shape index (κ3) is 2.09. The SMILES string of the molecule is C=C1CC=CC=C1CC(=O)OC. The summed E-state index contributed by atoms with van der Waals surface area (Å²) in [4.78, 5) is 10.9. The van der Waals surface area contributed by atoms with Gasteiger partial charge in [0.1, 0.15) is 0 Å². The van der Waals surface area contributed by atoms with E-state index in [1.54, 1.807) is 0 Å². The van der Waals surface area contributed by atoms with Crippen LogP contribution in [0.15, 0.2) is 36.0 Å². The Hall–Kier alpha value is -1.31. The second kappa shape index (κ2) is 3.90. The molecule has 0 saturated carbocycles. The summed E-state index contributed by atoms with van der Waals surface area (Å²) in [6.07, 6.45) is 7.03. The minimum Gasteiger partial charge on any atom is -0.469 e. The first-order valence-corrected chi connectivity index (χ1v) is 3.84. The highest BCUT2D eigenvalue weighted by atomic mass is 16.5. The van der Waals surface area contributed by atoms with Crippen LogP contribution >= 0.6 is 0 Å². The molecule has 1 aliphatic carbocycles. The van der Waals surface area contributed by atoms with Gasteiger partial charge < -0.3 is 4.74 Å². The first-order valence-electron chi connectivity index (χ1n) is 3.84. The van der Waals surface area contributed by atoms with Crippen LogP contribution in [0.3, 0.4) is 0 Å². The average Bonchev–Trinajstić information content (AvgIpc) is 2.09. The molecule has 0 atom stereocenters. The molecule has 2 heteroatoms. The average molecular weight is 164 g/mol. The summed E-state index contributed by atoms with van der Waals surface area (Å²) in [5.41, 5.74) is 1.98. The topological polar surface area (TPSA) is 26.3 Å². The van der Waals surface area contributed by atoms with Crippen LogP contribution in [-0.4, -0.2) is 13.1 Å². The van der Waals surface area contributed by atoms with E-state index in [0.29, 0.717) is 6.42 Å². The minimum absolute atomic E-state index is 0.210. The molecular formula is C10H12O2. The fourth-order valence-corrected chi connectivity index (χ4v) is 1.06. The minimum atomic E-state index is -0.210. The summed E-state index contributed by atoms with van der Waals surface area (Å²) in [6.45, 7) is 3.86. The van der Waals surface area contributed by atoms with Crippen LogP contribution in [0.25, 0.3) is 0 Å². The van der Waals surface area contributed by atoms with Crippen molar-refractivity contribution in [2.24, 2.45) is 0 Å². The first kappa shape index (κ1) is 8.78. The molecule has 0 spiro atoms. The zero-order valence-corrected chi connectivity index (χ0v) is 7.17. The van der Waals surface area contributed by atoms with E-state index in [4.69, 9.17) is 0 Å². The number of hydrogen-bond donors (Lipinski definition) is 0. The van der Waals surface area contributed by atoms with Gasteiger partial charge in [0.05, 0.1) is 13.5 Å². The zero-order valence-electron chi connectivity index (χ0n) is 7.17. The van der Waals surface area contributed by atoms with Crippen molar-refractivity contribution in [1.82, 2.24) is 0 Å². The summed E-state index contributed by atoms with van der Waals surface area (Å²) >= 11 is 0. The maximum absolute atomic E-state index is 10.9. The van der Waals surface area contributed by atoms with Gasteiger partial charge in [0, 0.05) is 0 Å². The van der Waals surface area contributed by atoms with Crippen LogP contribution in [-0.2, 0) is 9.53 Å². The maximum Gasteiger partial charge on any atom is 0.309 e. The number of carbonyl (C=O) groups excluding carboxylic acids is 1. The third-order valence-corrected chi connectivity index (χ3v) is 1.81. The van der Waals surface area contributed by atoms with Crippen molar-refractivity contribution in [2.45, 2.75) is 12.8 Å². The van der Waals surface area contributed by atoms with Crippen molar-refractivity contribution in [3.63, 3.8) is 0 Å². The lowest BCUT2D eigenvalue weighted by atomic mass is 9.97. The molecule has 0 heterocycles. The molecule has 0 radical (unpaired) electrons. The van der Waals surface area contributed by atoms with E-state index in [-0.39, 0.29) is 5.97 Å². The van der Waals surface area contributed by atoms with Gasteiger partial charge in [-0.05, 0) is 17.6 Å². The molecule has 0 aromatic carbocycles. The van der Waals surface area contributed by atoms with Crippen LogP contribution in [0, 0.1) is 0 Å². The molecule has 0 bridgehead atoms. The lowest BCUT2D eigenvalue weighted by Crippen LogP contribution is -2.04. The molecule has 1 rings (SSSR count).